The fraction of sp³-hybridized carbons (Fsp3) is 0.583. The van der Waals surface area contributed by atoms with Gasteiger partial charge < -0.3 is 20.4 Å². The van der Waals surface area contributed by atoms with Gasteiger partial charge in [0, 0.05) is 0 Å². The summed E-state index contributed by atoms with van der Waals surface area (Å²) in [5.74, 6) is -5.93. The summed E-state index contributed by atoms with van der Waals surface area (Å²) >= 11 is 0. The van der Waals surface area contributed by atoms with Crippen LogP contribution in [0.1, 0.15) is 102 Å². The molecule has 1 aromatic carbocycles. The molecule has 32 heavy (non-hydrogen) atoms. The van der Waals surface area contributed by atoms with Crippen LogP contribution in [0.5, 0.6) is 0 Å². The normalized spacial score (nSPS) is 13.0. The van der Waals surface area contributed by atoms with Crippen molar-refractivity contribution in [2.75, 3.05) is 0 Å². The highest BCUT2D eigenvalue weighted by atomic mass is 16.4. The number of carboxylic acid groups (broad SMARTS) is 4. The Morgan fingerprint density at radius 2 is 1.31 bits per heavy atom. The number of fused-ring (bicyclic) bond motifs is 2. The molecule has 0 heterocycles. The van der Waals surface area contributed by atoms with E-state index in [4.69, 9.17) is 10.2 Å². The van der Waals surface area contributed by atoms with Crippen LogP contribution in [0.4, 0.5) is 0 Å². The molecule has 4 N–H and O–H groups in total. The van der Waals surface area contributed by atoms with Crippen molar-refractivity contribution in [2.45, 2.75) is 83.5 Å². The number of unbranched alkanes of at least 4 members (excludes halogenated alkanes) is 6. The average molecular weight is 449 g/mol. The van der Waals surface area contributed by atoms with Crippen molar-refractivity contribution < 1.29 is 39.6 Å². The Morgan fingerprint density at radius 1 is 0.750 bits per heavy atom. The highest BCUT2D eigenvalue weighted by Crippen LogP contribution is 2.31. The number of carboxylic acids is 4. The largest absolute Gasteiger partial charge is 0.481 e. The SMILES string of the molecule is O=C(O)c1cc2c(C(=O)O)c(c1CCCCCCCCCC(C(=O)O)C(=O)O)CCCC2. The fourth-order valence-corrected chi connectivity index (χ4v) is 4.56. The van der Waals surface area contributed by atoms with Crippen molar-refractivity contribution in [3.05, 3.63) is 33.9 Å². The minimum Gasteiger partial charge on any atom is -0.481 e. The van der Waals surface area contributed by atoms with E-state index in [0.717, 1.165) is 51.4 Å². The molecule has 2 bridgehead atoms. The van der Waals surface area contributed by atoms with Gasteiger partial charge in [-0.05, 0) is 67.7 Å². The highest BCUT2D eigenvalue weighted by Gasteiger charge is 2.26. The summed E-state index contributed by atoms with van der Waals surface area (Å²) in [6.07, 6.45) is 9.29. The Morgan fingerprint density at radius 3 is 1.88 bits per heavy atom. The Balaban J connectivity index is 1.84. The standard InChI is InChI=1S/C24H32O8/c25-21(26)18(22(27)28)13-7-5-3-1-2-4-6-11-16-17-12-9-8-10-15(20(17)24(31)32)14-19(16)23(29)30/h14,18H,1-13H2,(H,25,26)(H,27,28)(H,29,30)(H,31,32). The van der Waals surface area contributed by atoms with E-state index in [-0.39, 0.29) is 12.0 Å². The number of hydrogen-bond acceptors (Lipinski definition) is 4. The maximum absolute atomic E-state index is 11.8. The fourth-order valence-electron chi connectivity index (χ4n) is 4.56. The van der Waals surface area contributed by atoms with E-state index in [1.165, 1.54) is 0 Å². The summed E-state index contributed by atoms with van der Waals surface area (Å²) in [6.45, 7) is 0. The second kappa shape index (κ2) is 12.2. The molecule has 0 fully saturated rings. The number of carbonyl (C=O) groups is 4. The van der Waals surface area contributed by atoms with Gasteiger partial charge in [0.2, 0.25) is 0 Å². The first-order valence-electron chi connectivity index (χ1n) is 11.3. The molecule has 0 aliphatic heterocycles. The van der Waals surface area contributed by atoms with Crippen LogP contribution in [-0.4, -0.2) is 44.3 Å². The lowest BCUT2D eigenvalue weighted by Crippen LogP contribution is -2.23. The topological polar surface area (TPSA) is 149 Å². The van der Waals surface area contributed by atoms with Gasteiger partial charge in [0.25, 0.3) is 0 Å². The van der Waals surface area contributed by atoms with Gasteiger partial charge >= 0.3 is 23.9 Å². The highest BCUT2D eigenvalue weighted by molar-refractivity contribution is 5.96. The Kier molecular flexibility index (Phi) is 9.68. The molecule has 0 atom stereocenters. The molecule has 0 unspecified atom stereocenters. The van der Waals surface area contributed by atoms with Crippen LogP contribution in [0, 0.1) is 5.92 Å². The molecule has 0 amide bonds. The molecule has 8 heteroatoms. The predicted octanol–water partition coefficient (Wildman–Crippen LogP) is 4.41. The minimum absolute atomic E-state index is 0.132. The maximum Gasteiger partial charge on any atom is 0.336 e. The third-order valence-electron chi connectivity index (χ3n) is 6.21. The Labute approximate surface area is 187 Å². The number of benzene rings is 1. The molecule has 0 aromatic heterocycles. The predicted molar refractivity (Wildman–Crippen MR) is 116 cm³/mol. The summed E-state index contributed by atoms with van der Waals surface area (Å²) in [4.78, 5) is 45.3. The van der Waals surface area contributed by atoms with Crippen LogP contribution in [0.25, 0.3) is 0 Å². The second-order valence-corrected chi connectivity index (χ2v) is 8.48. The average Bonchev–Trinajstić information content (AvgIpc) is 2.87. The number of aliphatic carboxylic acids is 2. The van der Waals surface area contributed by atoms with Gasteiger partial charge in [-0.1, -0.05) is 38.5 Å². The number of aryl methyl sites for hydroxylation is 1. The first kappa shape index (κ1) is 25.4. The van der Waals surface area contributed by atoms with Gasteiger partial charge in [0.15, 0.2) is 5.92 Å². The van der Waals surface area contributed by atoms with Crippen molar-refractivity contribution >= 4 is 23.9 Å². The van der Waals surface area contributed by atoms with Crippen LogP contribution in [0.3, 0.4) is 0 Å². The van der Waals surface area contributed by atoms with Crippen LogP contribution in [0.15, 0.2) is 6.07 Å². The van der Waals surface area contributed by atoms with Gasteiger partial charge in [-0.15, -0.1) is 0 Å². The van der Waals surface area contributed by atoms with Gasteiger partial charge in [-0.2, -0.15) is 0 Å². The van der Waals surface area contributed by atoms with Crippen LogP contribution in [-0.2, 0) is 28.9 Å². The minimum atomic E-state index is -1.34. The van der Waals surface area contributed by atoms with E-state index in [1.54, 1.807) is 6.07 Å². The molecular formula is C24H32O8. The third-order valence-corrected chi connectivity index (χ3v) is 6.21. The van der Waals surface area contributed by atoms with Crippen LogP contribution >= 0.6 is 0 Å². The summed E-state index contributed by atoms with van der Waals surface area (Å²) < 4.78 is 0. The lowest BCUT2D eigenvalue weighted by Gasteiger charge is -2.17. The lowest BCUT2D eigenvalue weighted by atomic mass is 9.87. The zero-order valence-corrected chi connectivity index (χ0v) is 18.3. The van der Waals surface area contributed by atoms with Crippen molar-refractivity contribution in [2.24, 2.45) is 5.92 Å². The van der Waals surface area contributed by atoms with Crippen molar-refractivity contribution in [1.82, 2.24) is 0 Å². The quantitative estimate of drug-likeness (QED) is 0.241. The smallest absolute Gasteiger partial charge is 0.336 e. The third kappa shape index (κ3) is 6.80. The molecule has 1 aromatic rings. The Hall–Kier alpha value is -2.90. The van der Waals surface area contributed by atoms with E-state index in [0.29, 0.717) is 47.9 Å². The van der Waals surface area contributed by atoms with Gasteiger partial charge in [-0.3, -0.25) is 9.59 Å². The van der Waals surface area contributed by atoms with E-state index < -0.39 is 29.8 Å². The molecule has 0 saturated carbocycles. The van der Waals surface area contributed by atoms with Gasteiger partial charge in [0.05, 0.1) is 11.1 Å². The molecule has 2 rings (SSSR count). The van der Waals surface area contributed by atoms with Crippen molar-refractivity contribution in [3.63, 3.8) is 0 Å². The van der Waals surface area contributed by atoms with Gasteiger partial charge in [0.1, 0.15) is 0 Å². The van der Waals surface area contributed by atoms with E-state index >= 15 is 0 Å². The summed E-state index contributed by atoms with van der Waals surface area (Å²) in [5.41, 5.74) is 2.50. The number of hydrogen-bond donors (Lipinski definition) is 4. The number of aromatic carboxylic acids is 2. The summed E-state index contributed by atoms with van der Waals surface area (Å²) in [5, 5.41) is 37.1. The Bertz CT molecular complexity index is 844. The van der Waals surface area contributed by atoms with Crippen molar-refractivity contribution in [1.29, 1.82) is 0 Å². The zero-order chi connectivity index (χ0) is 23.7. The monoisotopic (exact) mass is 448 g/mol. The van der Waals surface area contributed by atoms with Crippen molar-refractivity contribution in [3.8, 4) is 0 Å². The molecule has 1 aliphatic rings. The molecule has 176 valence electrons. The van der Waals surface area contributed by atoms with Gasteiger partial charge in [-0.25, -0.2) is 9.59 Å². The van der Waals surface area contributed by atoms with Crippen LogP contribution < -0.4 is 0 Å². The maximum atomic E-state index is 11.8. The summed E-state index contributed by atoms with van der Waals surface area (Å²) in [6, 6.07) is 1.55. The van der Waals surface area contributed by atoms with Crippen LogP contribution in [0.2, 0.25) is 0 Å². The first-order valence-corrected chi connectivity index (χ1v) is 11.3. The molecule has 1 aliphatic carbocycles. The molecule has 0 saturated heterocycles. The molecule has 0 spiro atoms. The second-order valence-electron chi connectivity index (χ2n) is 8.48. The molecule has 8 nitrogen and oxygen atoms in total. The lowest BCUT2D eigenvalue weighted by molar-refractivity contribution is -0.154. The summed E-state index contributed by atoms with van der Waals surface area (Å²) in [7, 11) is 0. The number of rotatable bonds is 14. The molecule has 0 radical (unpaired) electrons. The van der Waals surface area contributed by atoms with E-state index in [2.05, 4.69) is 0 Å². The first-order chi connectivity index (χ1) is 15.2. The molecular weight excluding hydrogens is 416 g/mol. The van der Waals surface area contributed by atoms with E-state index in [1.807, 2.05) is 0 Å². The zero-order valence-electron chi connectivity index (χ0n) is 18.3. The van der Waals surface area contributed by atoms with E-state index in [9.17, 15) is 29.4 Å².